The Kier molecular flexibility index (Phi) is 7.54. The second kappa shape index (κ2) is 12.1. The average molecular weight is 598 g/mol. The number of aromatic nitrogens is 9. The summed E-state index contributed by atoms with van der Waals surface area (Å²) in [4.78, 5) is 24.9. The number of nitrogens with two attached hydrogens (primary N) is 1. The fraction of sp³-hybridized carbons (Fsp3) is 0.250. The van der Waals surface area contributed by atoms with Crippen LogP contribution in [-0.4, -0.2) is 68.5 Å². The van der Waals surface area contributed by atoms with Crippen LogP contribution >= 0.6 is 0 Å². The molecule has 0 radical (unpaired) electrons. The number of piperidine rings is 1. The first-order valence-electron chi connectivity index (χ1n) is 14.9. The molecule has 1 saturated heterocycles. The van der Waals surface area contributed by atoms with Gasteiger partial charge in [-0.25, -0.2) is 24.9 Å². The summed E-state index contributed by atoms with van der Waals surface area (Å²) in [5, 5.41) is 21.0. The first-order chi connectivity index (χ1) is 22.1. The predicted molar refractivity (Wildman–Crippen MR) is 170 cm³/mol. The number of rotatable bonds is 8. The third kappa shape index (κ3) is 5.78. The number of hydrogen-bond acceptors (Lipinski definition) is 11. The van der Waals surface area contributed by atoms with Crippen molar-refractivity contribution in [1.82, 2.24) is 49.4 Å². The van der Waals surface area contributed by atoms with Gasteiger partial charge in [-0.3, -0.25) is 14.1 Å². The molecular formula is C32H31N13. The number of nitrogens with one attached hydrogen (secondary N) is 1. The van der Waals surface area contributed by atoms with E-state index in [1.165, 1.54) is 5.56 Å². The Balaban J connectivity index is 1.13. The lowest BCUT2D eigenvalue weighted by Gasteiger charge is -2.32. The fourth-order valence-corrected chi connectivity index (χ4v) is 5.65. The molecule has 0 spiro atoms. The maximum Gasteiger partial charge on any atom is 0.234 e. The molecule has 5 aromatic heterocycles. The number of anilines is 2. The Hall–Kier alpha value is -5.74. The molecule has 3 N–H and O–H groups in total. The number of nitrogen functional groups attached to an aromatic ring is 1. The van der Waals surface area contributed by atoms with Crippen LogP contribution in [-0.2, 0) is 13.1 Å². The van der Waals surface area contributed by atoms with Crippen molar-refractivity contribution in [2.24, 2.45) is 0 Å². The second-order valence-corrected chi connectivity index (χ2v) is 10.9. The zero-order chi connectivity index (χ0) is 30.8. The number of aryl methyl sites for hydroxylation is 1. The van der Waals surface area contributed by atoms with Crippen LogP contribution in [0.25, 0.3) is 39.6 Å². The fourth-order valence-electron chi connectivity index (χ4n) is 5.65. The van der Waals surface area contributed by atoms with Crippen molar-refractivity contribution in [2.45, 2.75) is 38.9 Å². The topological polar surface area (TPSA) is 165 Å². The highest BCUT2D eigenvalue weighted by molar-refractivity contribution is 5.84. The Bertz CT molecular complexity index is 2000. The number of hydrogen-bond donors (Lipinski definition) is 2. The molecule has 224 valence electrons. The van der Waals surface area contributed by atoms with E-state index in [4.69, 9.17) is 21.0 Å². The molecule has 0 saturated carbocycles. The molecule has 0 unspecified atom stereocenters. The highest BCUT2D eigenvalue weighted by Crippen LogP contribution is 2.31. The zero-order valence-corrected chi connectivity index (χ0v) is 24.7. The monoisotopic (exact) mass is 597 g/mol. The molecule has 0 amide bonds. The summed E-state index contributed by atoms with van der Waals surface area (Å²) < 4.78 is 3.81. The summed E-state index contributed by atoms with van der Waals surface area (Å²) in [5.74, 6) is 1.95. The van der Waals surface area contributed by atoms with Gasteiger partial charge in [0, 0.05) is 50.3 Å². The molecule has 45 heavy (non-hydrogen) atoms. The molecule has 1 aliphatic rings. The lowest BCUT2D eigenvalue weighted by atomic mass is 10.0. The minimum atomic E-state index is 0.179. The molecule has 1 fully saturated rings. The number of likely N-dealkylation sites (tertiary alicyclic amines) is 1. The highest BCUT2D eigenvalue weighted by atomic mass is 15.4. The van der Waals surface area contributed by atoms with E-state index in [1.54, 1.807) is 23.1 Å². The molecule has 0 aliphatic carbocycles. The van der Waals surface area contributed by atoms with Gasteiger partial charge in [0.05, 0.1) is 17.5 Å². The van der Waals surface area contributed by atoms with Crippen molar-refractivity contribution >= 4 is 22.8 Å². The maximum atomic E-state index is 9.07. The summed E-state index contributed by atoms with van der Waals surface area (Å²) >= 11 is 0. The Morgan fingerprint density at radius 2 is 1.80 bits per heavy atom. The van der Waals surface area contributed by atoms with Gasteiger partial charge in [0.15, 0.2) is 11.5 Å². The van der Waals surface area contributed by atoms with E-state index in [2.05, 4.69) is 59.7 Å². The molecule has 7 rings (SSSR count). The number of fused-ring (bicyclic) bond motifs is 1. The number of imidazole rings is 1. The second-order valence-electron chi connectivity index (χ2n) is 10.9. The van der Waals surface area contributed by atoms with Gasteiger partial charge < -0.3 is 11.1 Å². The third-order valence-corrected chi connectivity index (χ3v) is 8.00. The predicted octanol–water partition coefficient (Wildman–Crippen LogP) is 4.08. The Labute approximate surface area is 259 Å². The van der Waals surface area contributed by atoms with E-state index >= 15 is 0 Å². The van der Waals surface area contributed by atoms with Crippen LogP contribution in [0.2, 0.25) is 0 Å². The van der Waals surface area contributed by atoms with Gasteiger partial charge in [0.2, 0.25) is 5.82 Å². The van der Waals surface area contributed by atoms with E-state index in [0.29, 0.717) is 40.5 Å². The first kappa shape index (κ1) is 28.1. The molecule has 1 aromatic carbocycles. The standard InChI is InChI=1S/C32H31N13/c1-2-44-20-27(41-42-44)25-9-10-26-32(38-25)45(31(39-26)24-4-3-14-36-30(24)34)23-7-5-21(6-8-23)19-43-16-12-22(13-17-43)37-28-11-15-35-29(18-33)40-28/h3-11,14-15,20,22H,2,12-13,16-17,19H2,1H3,(H2,34,36)(H,35,37,40). The first-order valence-corrected chi connectivity index (χ1v) is 14.9. The number of pyridine rings is 2. The lowest BCUT2D eigenvalue weighted by Crippen LogP contribution is -2.38. The van der Waals surface area contributed by atoms with Crippen molar-refractivity contribution in [2.75, 3.05) is 24.1 Å². The van der Waals surface area contributed by atoms with E-state index < -0.39 is 0 Å². The third-order valence-electron chi connectivity index (χ3n) is 8.00. The molecular weight excluding hydrogens is 566 g/mol. The van der Waals surface area contributed by atoms with Gasteiger partial charge in [0.25, 0.3) is 0 Å². The van der Waals surface area contributed by atoms with Crippen LogP contribution in [0.15, 0.2) is 73.2 Å². The van der Waals surface area contributed by atoms with Crippen LogP contribution in [0.1, 0.15) is 31.2 Å². The van der Waals surface area contributed by atoms with Crippen LogP contribution in [0, 0.1) is 11.3 Å². The maximum absolute atomic E-state index is 9.07. The molecule has 6 aromatic rings. The quantitative estimate of drug-likeness (QED) is 0.260. The van der Waals surface area contributed by atoms with Gasteiger partial charge in [0.1, 0.15) is 28.9 Å². The van der Waals surface area contributed by atoms with Crippen LogP contribution in [0.5, 0.6) is 0 Å². The van der Waals surface area contributed by atoms with E-state index in [9.17, 15) is 0 Å². The Morgan fingerprint density at radius 3 is 2.56 bits per heavy atom. The van der Waals surface area contributed by atoms with Crippen LogP contribution < -0.4 is 11.1 Å². The van der Waals surface area contributed by atoms with Gasteiger partial charge >= 0.3 is 0 Å². The highest BCUT2D eigenvalue weighted by Gasteiger charge is 2.21. The van der Waals surface area contributed by atoms with Crippen molar-refractivity contribution in [3.05, 3.63) is 84.6 Å². The van der Waals surface area contributed by atoms with Gasteiger partial charge in [-0.2, -0.15) is 5.26 Å². The SMILES string of the molecule is CCn1cc(-c2ccc3nc(-c4cccnc4N)n(-c4ccc(CN5CCC(Nc6ccnc(C#N)n6)CC5)cc4)c3n2)nn1. The van der Waals surface area contributed by atoms with Crippen molar-refractivity contribution in [1.29, 1.82) is 5.26 Å². The molecule has 0 bridgehead atoms. The number of benzene rings is 1. The van der Waals surface area contributed by atoms with Crippen LogP contribution in [0.3, 0.4) is 0 Å². The molecule has 13 heteroatoms. The summed E-state index contributed by atoms with van der Waals surface area (Å²) in [6.45, 7) is 5.52. The molecule has 1 aliphatic heterocycles. The zero-order valence-electron chi connectivity index (χ0n) is 24.7. The summed E-state index contributed by atoms with van der Waals surface area (Å²) in [5.41, 5.74) is 12.1. The molecule has 0 atom stereocenters. The summed E-state index contributed by atoms with van der Waals surface area (Å²) in [7, 11) is 0. The Morgan fingerprint density at radius 1 is 0.956 bits per heavy atom. The van der Waals surface area contributed by atoms with Crippen molar-refractivity contribution in [3.8, 4) is 34.5 Å². The van der Waals surface area contributed by atoms with Crippen molar-refractivity contribution < 1.29 is 0 Å². The van der Waals surface area contributed by atoms with E-state index in [-0.39, 0.29) is 5.82 Å². The van der Waals surface area contributed by atoms with E-state index in [1.807, 2.05) is 48.0 Å². The number of nitriles is 1. The van der Waals surface area contributed by atoms with E-state index in [0.717, 1.165) is 55.8 Å². The normalized spacial score (nSPS) is 14.0. The van der Waals surface area contributed by atoms with Gasteiger partial charge in [-0.1, -0.05) is 17.3 Å². The van der Waals surface area contributed by atoms with Gasteiger partial charge in [-0.05, 0) is 67.8 Å². The lowest BCUT2D eigenvalue weighted by molar-refractivity contribution is 0.211. The number of nitrogens with zero attached hydrogens (tertiary/aromatic N) is 11. The van der Waals surface area contributed by atoms with Gasteiger partial charge in [-0.15, -0.1) is 5.10 Å². The summed E-state index contributed by atoms with van der Waals surface area (Å²) in [6.07, 6.45) is 7.15. The minimum Gasteiger partial charge on any atom is -0.383 e. The summed E-state index contributed by atoms with van der Waals surface area (Å²) in [6, 6.07) is 20.3. The average Bonchev–Trinajstić information content (AvgIpc) is 3.71. The largest absolute Gasteiger partial charge is 0.383 e. The molecule has 13 nitrogen and oxygen atoms in total. The minimum absolute atomic E-state index is 0.179. The molecule has 6 heterocycles. The van der Waals surface area contributed by atoms with Crippen LogP contribution in [0.4, 0.5) is 11.6 Å². The van der Waals surface area contributed by atoms with Crippen molar-refractivity contribution in [3.63, 3.8) is 0 Å². The smallest absolute Gasteiger partial charge is 0.234 e.